The van der Waals surface area contributed by atoms with E-state index in [4.69, 9.17) is 10.7 Å². The third kappa shape index (κ3) is 4.32. The zero-order chi connectivity index (χ0) is 22.7. The number of carbonyl (C=O) groups is 1. The molecule has 0 bridgehead atoms. The second-order valence-electron chi connectivity index (χ2n) is 8.24. The fourth-order valence-electron chi connectivity index (χ4n) is 3.98. The molecule has 3 aromatic rings. The Morgan fingerprint density at radius 2 is 2.00 bits per heavy atom. The Hall–Kier alpha value is -3.75. The van der Waals surface area contributed by atoms with Crippen LogP contribution in [0.3, 0.4) is 0 Å². The summed E-state index contributed by atoms with van der Waals surface area (Å²) in [6, 6.07) is 4.00. The van der Waals surface area contributed by atoms with Crippen LogP contribution in [-0.2, 0) is 23.1 Å². The Bertz CT molecular complexity index is 1180. The van der Waals surface area contributed by atoms with E-state index in [1.54, 1.807) is 23.2 Å². The smallest absolute Gasteiger partial charge is 0.244 e. The minimum absolute atomic E-state index is 0.392. The highest BCUT2D eigenvalue weighted by Crippen LogP contribution is 2.40. The molecule has 9 heteroatoms. The maximum atomic E-state index is 12.4. The summed E-state index contributed by atoms with van der Waals surface area (Å²) in [5.74, 6) is 0.244. The Kier molecular flexibility index (Phi) is 5.89. The van der Waals surface area contributed by atoms with Crippen molar-refractivity contribution in [3.05, 3.63) is 76.9 Å². The van der Waals surface area contributed by atoms with E-state index in [0.717, 1.165) is 34.9 Å². The molecule has 1 unspecified atom stereocenters. The first-order valence-corrected chi connectivity index (χ1v) is 10.6. The first kappa shape index (κ1) is 21.5. The van der Waals surface area contributed by atoms with Crippen LogP contribution in [0.25, 0.3) is 5.70 Å². The van der Waals surface area contributed by atoms with Gasteiger partial charge < -0.3 is 5.73 Å². The van der Waals surface area contributed by atoms with Gasteiger partial charge in [-0.3, -0.25) is 19.7 Å². The molecule has 32 heavy (non-hydrogen) atoms. The number of nitrogens with zero attached hydrogens (tertiary/aromatic N) is 7. The minimum Gasteiger partial charge on any atom is -0.366 e. The average Bonchev–Trinajstić information content (AvgIpc) is 3.24. The Morgan fingerprint density at radius 1 is 1.16 bits per heavy atom. The summed E-state index contributed by atoms with van der Waals surface area (Å²) in [5.41, 5.74) is 9.80. The zero-order valence-electron chi connectivity index (χ0n) is 18.5. The van der Waals surface area contributed by atoms with E-state index >= 15 is 0 Å². The molecule has 2 N–H and O–H groups in total. The van der Waals surface area contributed by atoms with E-state index < -0.39 is 11.3 Å². The lowest BCUT2D eigenvalue weighted by Crippen LogP contribution is -2.35. The fourth-order valence-corrected chi connectivity index (χ4v) is 3.98. The van der Waals surface area contributed by atoms with Gasteiger partial charge in [0, 0.05) is 42.4 Å². The maximum absolute atomic E-state index is 12.4. The Balaban J connectivity index is 1.90. The molecular formula is C23H26N8O. The van der Waals surface area contributed by atoms with Gasteiger partial charge in [0.25, 0.3) is 0 Å². The average molecular weight is 431 g/mol. The molecule has 9 nitrogen and oxygen atoms in total. The summed E-state index contributed by atoms with van der Waals surface area (Å²) >= 11 is 0. The molecule has 4 rings (SSSR count). The molecule has 3 aromatic heterocycles. The second-order valence-corrected chi connectivity index (χ2v) is 8.24. The molecule has 1 amide bonds. The van der Waals surface area contributed by atoms with Crippen LogP contribution in [-0.4, -0.2) is 41.1 Å². The molecule has 1 aliphatic carbocycles. The van der Waals surface area contributed by atoms with Crippen LogP contribution < -0.4 is 5.73 Å². The van der Waals surface area contributed by atoms with Gasteiger partial charge in [0.2, 0.25) is 5.91 Å². The monoisotopic (exact) mass is 430 g/mol. The molecule has 0 radical (unpaired) electrons. The normalized spacial score (nSPS) is 18.2. The number of amides is 1. The summed E-state index contributed by atoms with van der Waals surface area (Å²) in [7, 11) is 0. The summed E-state index contributed by atoms with van der Waals surface area (Å²) in [6.45, 7) is 5.95. The summed E-state index contributed by atoms with van der Waals surface area (Å²) in [6.07, 6.45) is 11.7. The number of rotatable bonds is 7. The molecule has 0 saturated heterocycles. The van der Waals surface area contributed by atoms with Crippen molar-refractivity contribution in [2.45, 2.75) is 51.9 Å². The fraction of sp³-hybridized carbons (Fsp3) is 0.348. The lowest BCUT2D eigenvalue weighted by molar-refractivity contribution is -0.114. The van der Waals surface area contributed by atoms with Gasteiger partial charge in [0.05, 0.1) is 22.8 Å². The minimum atomic E-state index is -0.665. The Morgan fingerprint density at radius 3 is 2.66 bits per heavy atom. The predicted octanol–water partition coefficient (Wildman–Crippen LogP) is 2.26. The number of nitrogens with two attached hydrogens (primary N) is 1. The number of carbonyl (C=O) groups excluding carboxylic acids is 1. The van der Waals surface area contributed by atoms with Gasteiger partial charge in [-0.15, -0.1) is 5.10 Å². The first-order chi connectivity index (χ1) is 15.4. The number of aromatic nitrogens is 7. The summed E-state index contributed by atoms with van der Waals surface area (Å²) in [5, 5.41) is 12.2. The standard InChI is InChI=1S/C23H26N8O/c1-4-5-21-28-29-30-31(21)19-8-17(22(24)32)9-23(11-19,20-7-6-15(2)12-27-20)10-18-14-25-16(3)13-26-18/h6-8,11-14H,4-5,9-10H2,1-3H3,(H2,24,32). The van der Waals surface area contributed by atoms with E-state index in [1.165, 1.54) is 0 Å². The van der Waals surface area contributed by atoms with Crippen molar-refractivity contribution in [3.8, 4) is 0 Å². The van der Waals surface area contributed by atoms with E-state index in [2.05, 4.69) is 38.5 Å². The largest absolute Gasteiger partial charge is 0.366 e. The van der Waals surface area contributed by atoms with E-state index in [0.29, 0.717) is 30.5 Å². The van der Waals surface area contributed by atoms with Crippen molar-refractivity contribution < 1.29 is 4.79 Å². The number of allylic oxidation sites excluding steroid dienone is 3. The van der Waals surface area contributed by atoms with Crippen LogP contribution in [0, 0.1) is 13.8 Å². The van der Waals surface area contributed by atoms with Crippen molar-refractivity contribution in [2.24, 2.45) is 5.73 Å². The first-order valence-electron chi connectivity index (χ1n) is 10.6. The van der Waals surface area contributed by atoms with Gasteiger partial charge in [-0.25, -0.2) is 0 Å². The van der Waals surface area contributed by atoms with Crippen LogP contribution in [0.5, 0.6) is 0 Å². The van der Waals surface area contributed by atoms with Gasteiger partial charge in [0.1, 0.15) is 0 Å². The number of primary amides is 1. The number of hydrogen-bond donors (Lipinski definition) is 1. The highest BCUT2D eigenvalue weighted by molar-refractivity contribution is 5.95. The van der Waals surface area contributed by atoms with E-state index in [-0.39, 0.29) is 0 Å². The van der Waals surface area contributed by atoms with Crippen LogP contribution in [0.15, 0.2) is 48.4 Å². The molecule has 164 valence electrons. The molecule has 3 heterocycles. The molecule has 0 aromatic carbocycles. The maximum Gasteiger partial charge on any atom is 0.244 e. The van der Waals surface area contributed by atoms with Gasteiger partial charge in [0.15, 0.2) is 5.82 Å². The third-order valence-corrected chi connectivity index (χ3v) is 5.57. The highest BCUT2D eigenvalue weighted by Gasteiger charge is 2.38. The predicted molar refractivity (Wildman–Crippen MR) is 119 cm³/mol. The van der Waals surface area contributed by atoms with Crippen molar-refractivity contribution in [1.29, 1.82) is 0 Å². The molecule has 1 aliphatic rings. The van der Waals surface area contributed by atoms with E-state index in [9.17, 15) is 4.79 Å². The van der Waals surface area contributed by atoms with Gasteiger partial charge in [-0.05, 0) is 60.9 Å². The number of tetrazole rings is 1. The Labute approximate surface area is 186 Å². The van der Waals surface area contributed by atoms with Gasteiger partial charge in [-0.1, -0.05) is 13.0 Å². The second kappa shape index (κ2) is 8.78. The van der Waals surface area contributed by atoms with Crippen molar-refractivity contribution >= 4 is 11.6 Å². The third-order valence-electron chi connectivity index (χ3n) is 5.57. The number of hydrogen-bond acceptors (Lipinski definition) is 7. The van der Waals surface area contributed by atoms with Crippen LogP contribution in [0.1, 0.15) is 48.2 Å². The number of aryl methyl sites for hydroxylation is 3. The molecule has 0 saturated carbocycles. The van der Waals surface area contributed by atoms with Crippen LogP contribution >= 0.6 is 0 Å². The molecular weight excluding hydrogens is 404 g/mol. The summed E-state index contributed by atoms with van der Waals surface area (Å²) < 4.78 is 1.68. The highest BCUT2D eigenvalue weighted by atomic mass is 16.1. The van der Waals surface area contributed by atoms with E-state index in [1.807, 2.05) is 32.2 Å². The molecule has 0 fully saturated rings. The number of pyridine rings is 1. The molecule has 0 aliphatic heterocycles. The quantitative estimate of drug-likeness (QED) is 0.609. The van der Waals surface area contributed by atoms with Gasteiger partial charge in [-0.2, -0.15) is 4.68 Å². The van der Waals surface area contributed by atoms with Crippen molar-refractivity contribution in [1.82, 2.24) is 35.2 Å². The van der Waals surface area contributed by atoms with Crippen LogP contribution in [0.2, 0.25) is 0 Å². The molecule has 1 atom stereocenters. The van der Waals surface area contributed by atoms with Crippen molar-refractivity contribution in [3.63, 3.8) is 0 Å². The molecule has 0 spiro atoms. The van der Waals surface area contributed by atoms with Crippen molar-refractivity contribution in [2.75, 3.05) is 0 Å². The lowest BCUT2D eigenvalue weighted by atomic mass is 9.71. The topological polar surface area (TPSA) is 125 Å². The van der Waals surface area contributed by atoms with Crippen LogP contribution in [0.4, 0.5) is 0 Å². The SMILES string of the molecule is CCCc1nnnn1C1=CC(Cc2cnc(C)cn2)(c2ccc(C)cn2)CC(C(N)=O)=C1. The zero-order valence-corrected chi connectivity index (χ0v) is 18.5. The van der Waals surface area contributed by atoms with Gasteiger partial charge >= 0.3 is 0 Å². The summed E-state index contributed by atoms with van der Waals surface area (Å²) in [4.78, 5) is 26.1. The lowest BCUT2D eigenvalue weighted by Gasteiger charge is -2.34.